The molecule has 1 aromatic rings. The summed E-state index contributed by atoms with van der Waals surface area (Å²) in [6, 6.07) is 1.63. The number of carbonyl (C=O) groups is 1. The van der Waals surface area contributed by atoms with Crippen LogP contribution in [0, 0.1) is 5.41 Å². The summed E-state index contributed by atoms with van der Waals surface area (Å²) in [6.45, 7) is 1.68. The van der Waals surface area contributed by atoms with Gasteiger partial charge in [0.25, 0.3) is 5.91 Å². The molecule has 1 aromatic heterocycles. The first-order valence-electron chi connectivity index (χ1n) is 7.55. The lowest BCUT2D eigenvalue weighted by Crippen LogP contribution is -2.42. The second kappa shape index (κ2) is 5.81. The van der Waals surface area contributed by atoms with Gasteiger partial charge in [-0.05, 0) is 37.2 Å². The van der Waals surface area contributed by atoms with Gasteiger partial charge in [-0.3, -0.25) is 4.79 Å². The lowest BCUT2D eigenvalue weighted by molar-refractivity contribution is 0.0587. The van der Waals surface area contributed by atoms with E-state index in [9.17, 15) is 4.79 Å². The third kappa shape index (κ3) is 2.85. The van der Waals surface area contributed by atoms with E-state index in [4.69, 9.17) is 17.4 Å². The molecule has 1 aliphatic carbocycles. The molecular formula is C15H21ClN4O. The summed E-state index contributed by atoms with van der Waals surface area (Å²) in [7, 11) is 0. The first-order valence-corrected chi connectivity index (χ1v) is 7.93. The van der Waals surface area contributed by atoms with Crippen molar-refractivity contribution in [1.29, 1.82) is 0 Å². The molecule has 5 nitrogen and oxygen atoms in total. The van der Waals surface area contributed by atoms with E-state index in [0.29, 0.717) is 21.8 Å². The lowest BCUT2D eigenvalue weighted by atomic mass is 9.77. The monoisotopic (exact) mass is 308 g/mol. The fraction of sp³-hybridized carbons (Fsp3) is 0.600. The van der Waals surface area contributed by atoms with Crippen molar-refractivity contribution in [3.63, 3.8) is 0 Å². The van der Waals surface area contributed by atoms with Gasteiger partial charge in [-0.15, -0.1) is 0 Å². The minimum atomic E-state index is 0.0146. The number of amides is 1. The zero-order valence-electron chi connectivity index (χ0n) is 12.1. The third-order valence-corrected chi connectivity index (χ3v) is 5.29. The van der Waals surface area contributed by atoms with Crippen LogP contribution in [0.25, 0.3) is 0 Å². The average Bonchev–Trinajstić information content (AvgIpc) is 2.95. The Bertz CT molecular complexity index is 532. The van der Waals surface area contributed by atoms with E-state index in [1.165, 1.54) is 31.9 Å². The normalized spacial score (nSPS) is 20.8. The molecule has 1 saturated carbocycles. The van der Waals surface area contributed by atoms with Crippen molar-refractivity contribution in [2.75, 3.05) is 18.5 Å². The highest BCUT2D eigenvalue weighted by atomic mass is 35.5. The highest BCUT2D eigenvalue weighted by molar-refractivity contribution is 6.33. The van der Waals surface area contributed by atoms with Crippen LogP contribution in [-0.4, -0.2) is 28.9 Å². The molecule has 3 rings (SSSR count). The van der Waals surface area contributed by atoms with Crippen molar-refractivity contribution in [2.45, 2.75) is 38.5 Å². The Labute approximate surface area is 129 Å². The number of nitrogen functional groups attached to an aromatic ring is 1. The molecule has 21 heavy (non-hydrogen) atoms. The van der Waals surface area contributed by atoms with Gasteiger partial charge in [-0.25, -0.2) is 10.8 Å². The van der Waals surface area contributed by atoms with Gasteiger partial charge in [0.15, 0.2) is 5.82 Å². The number of hydrogen-bond donors (Lipinski definition) is 2. The molecular weight excluding hydrogens is 288 g/mol. The fourth-order valence-corrected chi connectivity index (χ4v) is 3.87. The third-order valence-electron chi connectivity index (χ3n) is 5.00. The topological polar surface area (TPSA) is 71.2 Å². The summed E-state index contributed by atoms with van der Waals surface area (Å²) in [6.07, 6.45) is 9.15. The number of nitrogens with zero attached hydrogens (tertiary/aromatic N) is 2. The number of nitrogens with two attached hydrogens (primary N) is 1. The van der Waals surface area contributed by atoms with Crippen LogP contribution in [0.5, 0.6) is 0 Å². The molecule has 1 saturated heterocycles. The van der Waals surface area contributed by atoms with Gasteiger partial charge in [0, 0.05) is 19.3 Å². The van der Waals surface area contributed by atoms with E-state index in [1.54, 1.807) is 6.07 Å². The molecule has 114 valence electrons. The van der Waals surface area contributed by atoms with Crippen LogP contribution >= 0.6 is 11.6 Å². The molecule has 0 atom stereocenters. The Kier molecular flexibility index (Phi) is 4.04. The number of aromatic nitrogens is 1. The number of halogens is 1. The average molecular weight is 309 g/mol. The van der Waals surface area contributed by atoms with Gasteiger partial charge in [0.1, 0.15) is 0 Å². The molecule has 0 radical (unpaired) electrons. The first-order chi connectivity index (χ1) is 10.1. The molecule has 0 bridgehead atoms. The Morgan fingerprint density at radius 1 is 1.29 bits per heavy atom. The Morgan fingerprint density at radius 2 is 1.95 bits per heavy atom. The molecule has 6 heteroatoms. The van der Waals surface area contributed by atoms with Crippen LogP contribution in [0.2, 0.25) is 5.02 Å². The maximum absolute atomic E-state index is 12.5. The predicted molar refractivity (Wildman–Crippen MR) is 83.1 cm³/mol. The number of nitrogens with one attached hydrogen (secondary N) is 1. The maximum Gasteiger partial charge on any atom is 0.255 e. The van der Waals surface area contributed by atoms with E-state index in [2.05, 4.69) is 10.4 Å². The van der Waals surface area contributed by atoms with Gasteiger partial charge in [0.2, 0.25) is 0 Å². The smallest absolute Gasteiger partial charge is 0.255 e. The SMILES string of the molecule is NNc1ncc(C(=O)N2CCC3(CCCC3)CC2)cc1Cl. The predicted octanol–water partition coefficient (Wildman–Crippen LogP) is 2.82. The molecule has 1 aliphatic heterocycles. The second-order valence-electron chi connectivity index (χ2n) is 6.20. The molecule has 0 unspecified atom stereocenters. The number of piperidine rings is 1. The molecule has 2 fully saturated rings. The number of pyridine rings is 1. The van der Waals surface area contributed by atoms with Crippen LogP contribution in [0.3, 0.4) is 0 Å². The van der Waals surface area contributed by atoms with Crippen LogP contribution in [-0.2, 0) is 0 Å². The minimum Gasteiger partial charge on any atom is -0.339 e. The summed E-state index contributed by atoms with van der Waals surface area (Å²) in [4.78, 5) is 18.5. The standard InChI is InChI=1S/C15H21ClN4O/c16-12-9-11(10-18-13(12)19-17)14(21)20-7-5-15(6-8-20)3-1-2-4-15/h9-10H,1-8,17H2,(H,18,19). The van der Waals surface area contributed by atoms with Gasteiger partial charge < -0.3 is 10.3 Å². The molecule has 1 spiro atoms. The molecule has 2 aliphatic rings. The molecule has 0 aromatic carbocycles. The minimum absolute atomic E-state index is 0.0146. The largest absolute Gasteiger partial charge is 0.339 e. The van der Waals surface area contributed by atoms with Crippen molar-refractivity contribution in [2.24, 2.45) is 11.3 Å². The first kappa shape index (κ1) is 14.6. The lowest BCUT2D eigenvalue weighted by Gasteiger charge is -2.39. The van der Waals surface area contributed by atoms with Gasteiger partial charge in [-0.2, -0.15) is 0 Å². The van der Waals surface area contributed by atoms with E-state index >= 15 is 0 Å². The molecule has 1 amide bonds. The Hall–Kier alpha value is -1.33. The summed E-state index contributed by atoms with van der Waals surface area (Å²) >= 11 is 6.04. The maximum atomic E-state index is 12.5. The van der Waals surface area contributed by atoms with Gasteiger partial charge >= 0.3 is 0 Å². The van der Waals surface area contributed by atoms with Crippen LogP contribution in [0.4, 0.5) is 5.82 Å². The van der Waals surface area contributed by atoms with Crippen molar-refractivity contribution in [3.05, 3.63) is 22.8 Å². The number of rotatable bonds is 2. The number of carbonyl (C=O) groups excluding carboxylic acids is 1. The molecule has 2 heterocycles. The zero-order chi connectivity index (χ0) is 14.9. The van der Waals surface area contributed by atoms with E-state index in [-0.39, 0.29) is 5.91 Å². The quantitative estimate of drug-likeness (QED) is 0.651. The Balaban J connectivity index is 1.67. The van der Waals surface area contributed by atoms with E-state index in [0.717, 1.165) is 25.9 Å². The summed E-state index contributed by atoms with van der Waals surface area (Å²) < 4.78 is 0. The van der Waals surface area contributed by atoms with E-state index < -0.39 is 0 Å². The van der Waals surface area contributed by atoms with Crippen molar-refractivity contribution in [1.82, 2.24) is 9.88 Å². The van der Waals surface area contributed by atoms with Crippen LogP contribution < -0.4 is 11.3 Å². The number of anilines is 1. The highest BCUT2D eigenvalue weighted by Gasteiger charge is 2.38. The van der Waals surface area contributed by atoms with Crippen molar-refractivity contribution in [3.8, 4) is 0 Å². The van der Waals surface area contributed by atoms with Crippen molar-refractivity contribution >= 4 is 23.3 Å². The van der Waals surface area contributed by atoms with Crippen molar-refractivity contribution < 1.29 is 4.79 Å². The van der Waals surface area contributed by atoms with Gasteiger partial charge in [0.05, 0.1) is 10.6 Å². The molecule has 3 N–H and O–H groups in total. The van der Waals surface area contributed by atoms with Crippen LogP contribution in [0.15, 0.2) is 12.3 Å². The number of hydrogen-bond acceptors (Lipinski definition) is 4. The van der Waals surface area contributed by atoms with Crippen LogP contribution in [0.1, 0.15) is 48.9 Å². The van der Waals surface area contributed by atoms with Gasteiger partial charge in [-0.1, -0.05) is 24.4 Å². The number of hydrazine groups is 1. The number of likely N-dealkylation sites (tertiary alicyclic amines) is 1. The Morgan fingerprint density at radius 3 is 2.52 bits per heavy atom. The highest BCUT2D eigenvalue weighted by Crippen LogP contribution is 2.46. The second-order valence-corrected chi connectivity index (χ2v) is 6.61. The fourth-order valence-electron chi connectivity index (χ4n) is 3.65. The summed E-state index contributed by atoms with van der Waals surface area (Å²) in [5.41, 5.74) is 3.45. The van der Waals surface area contributed by atoms with E-state index in [1.807, 2.05) is 4.90 Å². The summed E-state index contributed by atoms with van der Waals surface area (Å²) in [5, 5.41) is 0.368. The summed E-state index contributed by atoms with van der Waals surface area (Å²) in [5.74, 6) is 5.69. The zero-order valence-corrected chi connectivity index (χ0v) is 12.8.